The summed E-state index contributed by atoms with van der Waals surface area (Å²) in [6, 6.07) is 6.34. The van der Waals surface area contributed by atoms with Crippen LogP contribution in [0.15, 0.2) is 18.2 Å². The van der Waals surface area contributed by atoms with Gasteiger partial charge < -0.3 is 10.1 Å². The van der Waals surface area contributed by atoms with Crippen LogP contribution in [0.5, 0.6) is 5.75 Å². The van der Waals surface area contributed by atoms with Gasteiger partial charge in [-0.25, -0.2) is 0 Å². The maximum absolute atomic E-state index is 12.3. The second-order valence-electron chi connectivity index (χ2n) is 6.75. The molecule has 2 aliphatic rings. The number of carbonyl (C=O) groups is 1. The Balaban J connectivity index is 1.58. The fraction of sp³-hybridized carbons (Fsp3) is 0.611. The molecule has 1 amide bonds. The van der Waals surface area contributed by atoms with Gasteiger partial charge in [0, 0.05) is 6.04 Å². The second kappa shape index (κ2) is 5.70. The lowest BCUT2D eigenvalue weighted by molar-refractivity contribution is -0.128. The second-order valence-corrected chi connectivity index (χ2v) is 6.75. The van der Waals surface area contributed by atoms with E-state index in [1.54, 1.807) is 0 Å². The Morgan fingerprint density at radius 1 is 1.29 bits per heavy atom. The van der Waals surface area contributed by atoms with E-state index in [1.807, 2.05) is 26.0 Å². The smallest absolute Gasteiger partial charge is 0.261 e. The molecular formula is C18H25NO2. The van der Waals surface area contributed by atoms with Gasteiger partial charge in [-0.3, -0.25) is 4.79 Å². The maximum atomic E-state index is 12.3. The first-order valence-corrected chi connectivity index (χ1v) is 8.08. The predicted molar refractivity (Wildman–Crippen MR) is 83.4 cm³/mol. The lowest BCUT2D eigenvalue weighted by Crippen LogP contribution is -2.44. The van der Waals surface area contributed by atoms with E-state index in [2.05, 4.69) is 18.3 Å². The molecule has 2 fully saturated rings. The molecule has 2 saturated carbocycles. The van der Waals surface area contributed by atoms with Crippen molar-refractivity contribution in [2.45, 2.75) is 58.6 Å². The van der Waals surface area contributed by atoms with Gasteiger partial charge in [-0.15, -0.1) is 0 Å². The molecule has 0 unspecified atom stereocenters. The van der Waals surface area contributed by atoms with Crippen molar-refractivity contribution >= 4 is 5.91 Å². The van der Waals surface area contributed by atoms with Crippen LogP contribution >= 0.6 is 0 Å². The highest BCUT2D eigenvalue weighted by Crippen LogP contribution is 2.44. The van der Waals surface area contributed by atoms with Crippen LogP contribution in [0.4, 0.5) is 0 Å². The van der Waals surface area contributed by atoms with Crippen molar-refractivity contribution in [2.24, 2.45) is 11.8 Å². The minimum absolute atomic E-state index is 0.0217. The first kappa shape index (κ1) is 14.4. The lowest BCUT2D eigenvalue weighted by atomic mass is 9.95. The molecule has 3 nitrogen and oxygen atoms in total. The zero-order chi connectivity index (χ0) is 15.0. The van der Waals surface area contributed by atoms with Crippen LogP contribution in [0.2, 0.25) is 0 Å². The average Bonchev–Trinajstić information content (AvgIpc) is 3.06. The van der Waals surface area contributed by atoms with Gasteiger partial charge >= 0.3 is 0 Å². The molecule has 3 heteroatoms. The van der Waals surface area contributed by atoms with Crippen LogP contribution in [0.3, 0.4) is 0 Å². The molecule has 0 aromatic heterocycles. The van der Waals surface area contributed by atoms with Gasteiger partial charge in [0.1, 0.15) is 5.75 Å². The molecule has 1 N–H and O–H groups in total. The van der Waals surface area contributed by atoms with Crippen LogP contribution in [0, 0.1) is 25.7 Å². The summed E-state index contributed by atoms with van der Waals surface area (Å²) >= 11 is 0. The summed E-state index contributed by atoms with van der Waals surface area (Å²) in [6.45, 7) is 5.93. The normalized spacial score (nSPS) is 28.4. The Bertz CT molecular complexity index is 540. The largest absolute Gasteiger partial charge is 0.481 e. The van der Waals surface area contributed by atoms with E-state index < -0.39 is 6.10 Å². The van der Waals surface area contributed by atoms with Gasteiger partial charge in [0.05, 0.1) is 0 Å². The summed E-state index contributed by atoms with van der Waals surface area (Å²) in [7, 11) is 0. The van der Waals surface area contributed by atoms with Gasteiger partial charge in [-0.05, 0) is 69.1 Å². The number of amides is 1. The summed E-state index contributed by atoms with van der Waals surface area (Å²) in [5, 5.41) is 3.20. The molecule has 21 heavy (non-hydrogen) atoms. The average molecular weight is 287 g/mol. The summed E-state index contributed by atoms with van der Waals surface area (Å²) < 4.78 is 5.87. The van der Waals surface area contributed by atoms with Crippen molar-refractivity contribution in [3.8, 4) is 5.75 Å². The Kier molecular flexibility index (Phi) is 3.92. The number of rotatable bonds is 4. The van der Waals surface area contributed by atoms with E-state index in [0.29, 0.717) is 12.0 Å². The maximum Gasteiger partial charge on any atom is 0.261 e. The summed E-state index contributed by atoms with van der Waals surface area (Å²) in [5.74, 6) is 2.38. The van der Waals surface area contributed by atoms with Crippen molar-refractivity contribution in [1.29, 1.82) is 0 Å². The van der Waals surface area contributed by atoms with Crippen LogP contribution in [0.1, 0.15) is 43.7 Å². The highest BCUT2D eigenvalue weighted by molar-refractivity contribution is 5.81. The molecule has 1 aromatic rings. The zero-order valence-electron chi connectivity index (χ0n) is 13.2. The van der Waals surface area contributed by atoms with Crippen LogP contribution < -0.4 is 10.1 Å². The topological polar surface area (TPSA) is 38.3 Å². The molecule has 0 aliphatic heterocycles. The number of aryl methyl sites for hydroxylation is 1. The standard InChI is InChI=1S/C18H25NO2/c1-11-5-4-6-17(12(11)2)21-13(3)18(20)19-16-10-14-7-8-15(16)9-14/h4-6,13-16H,7-10H2,1-3H3,(H,19,20)/t13-,14+,15+,16+/m1/s1. The van der Waals surface area contributed by atoms with Gasteiger partial charge in [0.2, 0.25) is 0 Å². The summed E-state index contributed by atoms with van der Waals surface area (Å²) in [4.78, 5) is 12.3. The Labute approximate surface area is 127 Å². The third-order valence-corrected chi connectivity index (χ3v) is 5.29. The van der Waals surface area contributed by atoms with Crippen LogP contribution in [-0.2, 0) is 4.79 Å². The molecule has 2 bridgehead atoms. The van der Waals surface area contributed by atoms with Crippen molar-refractivity contribution in [3.63, 3.8) is 0 Å². The third-order valence-electron chi connectivity index (χ3n) is 5.29. The number of nitrogens with one attached hydrogen (secondary N) is 1. The molecule has 0 saturated heterocycles. The molecule has 0 heterocycles. The van der Waals surface area contributed by atoms with Crippen molar-refractivity contribution in [1.82, 2.24) is 5.32 Å². The molecular weight excluding hydrogens is 262 g/mol. The SMILES string of the molecule is Cc1cccc(O[C@H](C)C(=O)N[C@H]2C[C@H]3CC[C@H]2C3)c1C. The molecule has 0 spiro atoms. The fourth-order valence-electron chi connectivity index (χ4n) is 3.82. The summed E-state index contributed by atoms with van der Waals surface area (Å²) in [6.07, 6.45) is 4.65. The highest BCUT2D eigenvalue weighted by Gasteiger charge is 2.40. The van der Waals surface area contributed by atoms with E-state index in [0.717, 1.165) is 23.7 Å². The number of benzene rings is 1. The quantitative estimate of drug-likeness (QED) is 0.922. The minimum Gasteiger partial charge on any atom is -0.481 e. The molecule has 4 atom stereocenters. The first-order valence-electron chi connectivity index (χ1n) is 8.08. The molecule has 3 rings (SSSR count). The number of carbonyl (C=O) groups excluding carboxylic acids is 1. The van der Waals surface area contributed by atoms with Gasteiger partial charge in [0.15, 0.2) is 6.10 Å². The number of ether oxygens (including phenoxy) is 1. The van der Waals surface area contributed by atoms with Gasteiger partial charge in [-0.1, -0.05) is 18.6 Å². The van der Waals surface area contributed by atoms with Crippen molar-refractivity contribution in [2.75, 3.05) is 0 Å². The third kappa shape index (κ3) is 2.92. The van der Waals surface area contributed by atoms with Crippen LogP contribution in [0.25, 0.3) is 0 Å². The lowest BCUT2D eigenvalue weighted by Gasteiger charge is -2.25. The first-order chi connectivity index (χ1) is 10.0. The van der Waals surface area contributed by atoms with E-state index in [-0.39, 0.29) is 5.91 Å². The molecule has 1 aromatic carbocycles. The van der Waals surface area contributed by atoms with Gasteiger partial charge in [-0.2, -0.15) is 0 Å². The van der Waals surface area contributed by atoms with E-state index in [1.165, 1.54) is 24.8 Å². The molecule has 2 aliphatic carbocycles. The van der Waals surface area contributed by atoms with Gasteiger partial charge in [0.25, 0.3) is 5.91 Å². The minimum atomic E-state index is -0.440. The Morgan fingerprint density at radius 2 is 2.10 bits per heavy atom. The van der Waals surface area contributed by atoms with E-state index in [9.17, 15) is 4.79 Å². The number of fused-ring (bicyclic) bond motifs is 2. The van der Waals surface area contributed by atoms with Crippen LogP contribution in [-0.4, -0.2) is 18.1 Å². The number of hydrogen-bond acceptors (Lipinski definition) is 2. The Hall–Kier alpha value is -1.51. The predicted octanol–water partition coefficient (Wildman–Crippen LogP) is 3.38. The van der Waals surface area contributed by atoms with E-state index in [4.69, 9.17) is 4.74 Å². The van der Waals surface area contributed by atoms with Crippen molar-refractivity contribution < 1.29 is 9.53 Å². The molecule has 114 valence electrons. The van der Waals surface area contributed by atoms with E-state index >= 15 is 0 Å². The fourth-order valence-corrected chi connectivity index (χ4v) is 3.82. The molecule has 0 radical (unpaired) electrons. The summed E-state index contributed by atoms with van der Waals surface area (Å²) in [5.41, 5.74) is 2.30. The Morgan fingerprint density at radius 3 is 2.76 bits per heavy atom. The monoisotopic (exact) mass is 287 g/mol. The number of hydrogen-bond donors (Lipinski definition) is 1. The van der Waals surface area contributed by atoms with Crippen molar-refractivity contribution in [3.05, 3.63) is 29.3 Å². The highest BCUT2D eigenvalue weighted by atomic mass is 16.5. The zero-order valence-corrected chi connectivity index (χ0v) is 13.2.